The van der Waals surface area contributed by atoms with Crippen LogP contribution in [0.2, 0.25) is 0 Å². The SMILES string of the molecule is CN1C(C)(C)CC(C(C)(CCCCCCCC(=O)O)C(=O)O)CC1(C)C.CN1C(C)(C)CC(OC(=O)CCCCCCCCC(=O)O)CC1(C)C. The highest BCUT2D eigenvalue weighted by Gasteiger charge is 2.51. The maximum Gasteiger partial charge on any atom is 0.309 e. The molecule has 0 radical (unpaired) electrons. The number of piperidine rings is 2. The fourth-order valence-corrected chi connectivity index (χ4v) is 8.47. The largest absolute Gasteiger partial charge is 0.481 e. The first kappa shape index (κ1) is 46.8. The quantitative estimate of drug-likeness (QED) is 0.0821. The van der Waals surface area contributed by atoms with Crippen molar-refractivity contribution in [3.05, 3.63) is 0 Å². The third kappa shape index (κ3) is 15.7. The number of carboxylic acids is 3. The zero-order chi connectivity index (χ0) is 39.3. The molecule has 2 heterocycles. The van der Waals surface area contributed by atoms with Crippen molar-refractivity contribution in [1.82, 2.24) is 9.80 Å². The Labute approximate surface area is 310 Å². The fourth-order valence-electron chi connectivity index (χ4n) is 8.47. The van der Waals surface area contributed by atoms with E-state index in [9.17, 15) is 24.3 Å². The summed E-state index contributed by atoms with van der Waals surface area (Å²) in [7, 11) is 4.29. The molecule has 2 fully saturated rings. The highest BCUT2D eigenvalue weighted by Crippen LogP contribution is 2.49. The molecule has 2 aliphatic heterocycles. The molecule has 0 aromatic heterocycles. The van der Waals surface area contributed by atoms with Crippen LogP contribution in [0.15, 0.2) is 0 Å². The molecule has 0 aromatic rings. The van der Waals surface area contributed by atoms with Gasteiger partial charge < -0.3 is 20.1 Å². The van der Waals surface area contributed by atoms with Gasteiger partial charge >= 0.3 is 23.9 Å². The molecule has 0 aromatic carbocycles. The van der Waals surface area contributed by atoms with Crippen LogP contribution in [-0.2, 0) is 23.9 Å². The van der Waals surface area contributed by atoms with Crippen molar-refractivity contribution in [1.29, 1.82) is 0 Å². The Balaban J connectivity index is 0.000000510. The van der Waals surface area contributed by atoms with Crippen LogP contribution in [0.4, 0.5) is 0 Å². The standard InChI is InChI=1S/C21H39NO4.C20H37NO4/c1-19(2)14-16(15-20(3,4)22(19)6)21(5,18(25)26)13-11-9-7-8-10-12-17(23)24;1-19(2)14-16(15-20(3,4)21(19)5)25-18(24)13-11-9-7-6-8-10-12-17(22)23/h16H,7-15H2,1-6H3,(H,23,24)(H,25,26);16H,6-15H2,1-5H3,(H,22,23). The monoisotopic (exact) mass is 725 g/mol. The maximum absolute atomic E-state index is 12.2. The summed E-state index contributed by atoms with van der Waals surface area (Å²) in [5.41, 5.74) is -0.665. The molecular weight excluding hydrogens is 648 g/mol. The van der Waals surface area contributed by atoms with Crippen molar-refractivity contribution in [2.75, 3.05) is 14.1 Å². The van der Waals surface area contributed by atoms with Crippen LogP contribution < -0.4 is 0 Å². The topological polar surface area (TPSA) is 145 Å². The molecule has 0 amide bonds. The van der Waals surface area contributed by atoms with Gasteiger partial charge in [0.1, 0.15) is 6.10 Å². The predicted molar refractivity (Wildman–Crippen MR) is 204 cm³/mol. The second kappa shape index (κ2) is 20.3. The lowest BCUT2D eigenvalue weighted by Crippen LogP contribution is -2.61. The molecule has 0 saturated carbocycles. The van der Waals surface area contributed by atoms with E-state index in [2.05, 4.69) is 79.3 Å². The Morgan fingerprint density at radius 1 is 0.569 bits per heavy atom. The van der Waals surface area contributed by atoms with Crippen molar-refractivity contribution < 1.29 is 39.2 Å². The van der Waals surface area contributed by atoms with Gasteiger partial charge in [0.15, 0.2) is 0 Å². The molecule has 0 bridgehead atoms. The van der Waals surface area contributed by atoms with Gasteiger partial charge in [0.05, 0.1) is 5.41 Å². The van der Waals surface area contributed by atoms with Crippen LogP contribution in [0, 0.1) is 11.3 Å². The number of carbonyl (C=O) groups is 4. The van der Waals surface area contributed by atoms with E-state index in [0.717, 1.165) is 89.9 Å². The van der Waals surface area contributed by atoms with Gasteiger partial charge in [0, 0.05) is 54.3 Å². The molecule has 1 atom stereocenters. The van der Waals surface area contributed by atoms with E-state index in [1.807, 2.05) is 6.92 Å². The van der Waals surface area contributed by atoms with Crippen LogP contribution in [0.3, 0.4) is 0 Å². The van der Waals surface area contributed by atoms with Crippen molar-refractivity contribution in [3.63, 3.8) is 0 Å². The van der Waals surface area contributed by atoms with Gasteiger partial charge in [-0.1, -0.05) is 51.4 Å². The van der Waals surface area contributed by atoms with Crippen LogP contribution in [0.1, 0.15) is 184 Å². The summed E-state index contributed by atoms with van der Waals surface area (Å²) in [5, 5.41) is 27.3. The lowest BCUT2D eigenvalue weighted by Gasteiger charge is -2.56. The molecule has 1 unspecified atom stereocenters. The third-order valence-electron chi connectivity index (χ3n) is 12.4. The Morgan fingerprint density at radius 3 is 1.27 bits per heavy atom. The first-order valence-corrected chi connectivity index (χ1v) is 19.7. The zero-order valence-electron chi connectivity index (χ0n) is 34.4. The summed E-state index contributed by atoms with van der Waals surface area (Å²) in [6.45, 7) is 19.6. The number of nitrogens with zero attached hydrogens (tertiary/aromatic N) is 2. The van der Waals surface area contributed by atoms with E-state index < -0.39 is 23.3 Å². The molecule has 0 aliphatic carbocycles. The van der Waals surface area contributed by atoms with Crippen LogP contribution in [0.5, 0.6) is 0 Å². The fraction of sp³-hybridized carbons (Fsp3) is 0.902. The lowest BCUT2D eigenvalue weighted by atomic mass is 9.62. The number of ether oxygens (including phenoxy) is 1. The average molecular weight is 725 g/mol. The van der Waals surface area contributed by atoms with Gasteiger partial charge in [-0.2, -0.15) is 0 Å². The summed E-state index contributed by atoms with van der Waals surface area (Å²) < 4.78 is 5.75. The number of rotatable bonds is 20. The number of aliphatic carboxylic acids is 3. The summed E-state index contributed by atoms with van der Waals surface area (Å²) in [6, 6.07) is 0. The van der Waals surface area contributed by atoms with Crippen LogP contribution in [0.25, 0.3) is 0 Å². The number of unbranched alkanes of at least 4 members (excludes halogenated alkanes) is 9. The van der Waals surface area contributed by atoms with Gasteiger partial charge in [-0.05, 0) is 121 Å². The van der Waals surface area contributed by atoms with Crippen LogP contribution >= 0.6 is 0 Å². The average Bonchev–Trinajstić information content (AvgIpc) is 2.98. The molecule has 10 nitrogen and oxygen atoms in total. The molecule has 2 aliphatic rings. The Kier molecular flexibility index (Phi) is 18.6. The predicted octanol–water partition coefficient (Wildman–Crippen LogP) is 9.18. The first-order valence-electron chi connectivity index (χ1n) is 19.7. The summed E-state index contributed by atoms with van der Waals surface area (Å²) in [5.74, 6) is -2.05. The van der Waals surface area contributed by atoms with E-state index in [4.69, 9.17) is 14.9 Å². The van der Waals surface area contributed by atoms with Crippen molar-refractivity contribution in [2.45, 2.75) is 213 Å². The Bertz CT molecular complexity index is 1080. The van der Waals surface area contributed by atoms with Crippen molar-refractivity contribution in [3.8, 4) is 0 Å². The lowest BCUT2D eigenvalue weighted by molar-refractivity contribution is -0.159. The molecular formula is C41H76N2O8. The van der Waals surface area contributed by atoms with E-state index in [1.165, 1.54) is 0 Å². The summed E-state index contributed by atoms with van der Waals surface area (Å²) >= 11 is 0. The molecule has 2 rings (SSSR count). The number of hydrogen-bond donors (Lipinski definition) is 3. The van der Waals surface area contributed by atoms with Gasteiger partial charge in [-0.3, -0.25) is 29.0 Å². The smallest absolute Gasteiger partial charge is 0.309 e. The van der Waals surface area contributed by atoms with Gasteiger partial charge in [-0.15, -0.1) is 0 Å². The van der Waals surface area contributed by atoms with Crippen LogP contribution in [-0.4, -0.2) is 91.4 Å². The number of carbonyl (C=O) groups excluding carboxylic acids is 1. The van der Waals surface area contributed by atoms with Gasteiger partial charge in [0.2, 0.25) is 0 Å². The summed E-state index contributed by atoms with van der Waals surface area (Å²) in [6.07, 6.45) is 15.4. The number of esters is 1. The molecule has 298 valence electrons. The Hall–Kier alpha value is -2.20. The Morgan fingerprint density at radius 2 is 0.902 bits per heavy atom. The minimum absolute atomic E-state index is 0.00437. The minimum atomic E-state index is -0.740. The molecule has 10 heteroatoms. The van der Waals surface area contributed by atoms with E-state index in [-0.39, 0.29) is 53.0 Å². The van der Waals surface area contributed by atoms with E-state index in [0.29, 0.717) is 19.3 Å². The number of hydrogen-bond acceptors (Lipinski definition) is 7. The molecule has 2 saturated heterocycles. The van der Waals surface area contributed by atoms with Gasteiger partial charge in [-0.25, -0.2) is 0 Å². The molecule has 0 spiro atoms. The van der Waals surface area contributed by atoms with E-state index in [1.54, 1.807) is 0 Å². The van der Waals surface area contributed by atoms with E-state index >= 15 is 0 Å². The number of likely N-dealkylation sites (tertiary alicyclic amines) is 2. The third-order valence-corrected chi connectivity index (χ3v) is 12.4. The zero-order valence-corrected chi connectivity index (χ0v) is 34.4. The second-order valence-corrected chi connectivity index (χ2v) is 18.4. The highest BCUT2D eigenvalue weighted by molar-refractivity contribution is 5.74. The number of carboxylic acid groups (broad SMARTS) is 3. The molecule has 51 heavy (non-hydrogen) atoms. The first-order chi connectivity index (χ1) is 23.4. The van der Waals surface area contributed by atoms with Gasteiger partial charge in [0.25, 0.3) is 0 Å². The second-order valence-electron chi connectivity index (χ2n) is 18.4. The maximum atomic E-state index is 12.2. The minimum Gasteiger partial charge on any atom is -0.481 e. The van der Waals surface area contributed by atoms with Crippen molar-refractivity contribution in [2.24, 2.45) is 11.3 Å². The summed E-state index contributed by atoms with van der Waals surface area (Å²) in [4.78, 5) is 50.0. The molecule has 3 N–H and O–H groups in total. The highest BCUT2D eigenvalue weighted by atomic mass is 16.5. The normalized spacial score (nSPS) is 21.5. The van der Waals surface area contributed by atoms with Crippen molar-refractivity contribution >= 4 is 23.9 Å².